The molecule has 8 heteroatoms. The van der Waals surface area contributed by atoms with Gasteiger partial charge in [-0.2, -0.15) is 18.3 Å². The zero-order chi connectivity index (χ0) is 14.8. The van der Waals surface area contributed by atoms with Crippen LogP contribution in [0.3, 0.4) is 0 Å². The number of aryl methyl sites for hydroxylation is 2. The topological polar surface area (TPSA) is 64.2 Å². The molecule has 0 unspecified atom stereocenters. The number of aromatic nitrogens is 2. The van der Waals surface area contributed by atoms with Crippen LogP contribution in [0.2, 0.25) is 0 Å². The van der Waals surface area contributed by atoms with Crippen molar-refractivity contribution in [2.75, 3.05) is 18.8 Å². The summed E-state index contributed by atoms with van der Waals surface area (Å²) in [5, 5.41) is 4.03. The Labute approximate surface area is 109 Å². The first-order valence-electron chi connectivity index (χ1n) is 5.90. The van der Waals surface area contributed by atoms with Gasteiger partial charge in [0.1, 0.15) is 12.2 Å². The molecule has 19 heavy (non-hydrogen) atoms. The van der Waals surface area contributed by atoms with Crippen molar-refractivity contribution in [1.29, 1.82) is 0 Å². The molecule has 0 spiro atoms. The van der Waals surface area contributed by atoms with Crippen molar-refractivity contribution in [2.45, 2.75) is 33.5 Å². The lowest BCUT2D eigenvalue weighted by Crippen LogP contribution is -2.40. The van der Waals surface area contributed by atoms with Crippen molar-refractivity contribution < 1.29 is 18.0 Å². The predicted molar refractivity (Wildman–Crippen MR) is 64.7 cm³/mol. The molecule has 1 amide bonds. The summed E-state index contributed by atoms with van der Waals surface area (Å²) < 4.78 is 38.6. The lowest BCUT2D eigenvalue weighted by Gasteiger charge is -2.22. The molecule has 0 fully saturated rings. The van der Waals surface area contributed by atoms with Crippen molar-refractivity contribution in [3.05, 3.63) is 11.4 Å². The molecule has 0 atom stereocenters. The molecule has 1 heterocycles. The summed E-state index contributed by atoms with van der Waals surface area (Å²) in [6, 6.07) is 0. The fraction of sp³-hybridized carbons (Fsp3) is 0.636. The van der Waals surface area contributed by atoms with Gasteiger partial charge in [-0.3, -0.25) is 9.48 Å². The van der Waals surface area contributed by atoms with Gasteiger partial charge in [-0.1, -0.05) is 0 Å². The summed E-state index contributed by atoms with van der Waals surface area (Å²) in [5.74, 6) is -0.750. The number of halogens is 3. The van der Waals surface area contributed by atoms with Gasteiger partial charge in [0.15, 0.2) is 0 Å². The normalized spacial score (nSPS) is 11.7. The van der Waals surface area contributed by atoms with E-state index in [1.54, 1.807) is 13.8 Å². The average Bonchev–Trinajstić information content (AvgIpc) is 2.60. The third-order valence-electron chi connectivity index (χ3n) is 2.71. The zero-order valence-corrected chi connectivity index (χ0v) is 11.1. The second kappa shape index (κ2) is 5.50. The summed E-state index contributed by atoms with van der Waals surface area (Å²) in [7, 11) is 0. The van der Waals surface area contributed by atoms with Crippen molar-refractivity contribution in [3.63, 3.8) is 0 Å². The molecule has 0 aliphatic carbocycles. The fourth-order valence-electron chi connectivity index (χ4n) is 1.74. The minimum absolute atomic E-state index is 0.0195. The Bertz CT molecular complexity index is 467. The molecular weight excluding hydrogens is 261 g/mol. The lowest BCUT2D eigenvalue weighted by molar-refractivity contribution is -0.140. The van der Waals surface area contributed by atoms with Gasteiger partial charge in [0.05, 0.1) is 11.4 Å². The van der Waals surface area contributed by atoms with E-state index in [2.05, 4.69) is 5.10 Å². The number of nitrogen functional groups attached to an aromatic ring is 1. The van der Waals surface area contributed by atoms with Gasteiger partial charge in [-0.05, 0) is 20.8 Å². The van der Waals surface area contributed by atoms with Crippen LogP contribution in [-0.2, 0) is 6.54 Å². The Hall–Kier alpha value is -1.73. The molecule has 2 N–H and O–H groups in total. The number of hydrogen-bond donors (Lipinski definition) is 1. The molecule has 5 nitrogen and oxygen atoms in total. The minimum Gasteiger partial charge on any atom is -0.395 e. The number of hydrogen-bond acceptors (Lipinski definition) is 3. The van der Waals surface area contributed by atoms with Crippen LogP contribution in [0.25, 0.3) is 0 Å². The summed E-state index contributed by atoms with van der Waals surface area (Å²) >= 11 is 0. The van der Waals surface area contributed by atoms with E-state index in [1.165, 1.54) is 11.6 Å². The molecular formula is C11H17F3N4O. The third kappa shape index (κ3) is 3.39. The highest BCUT2D eigenvalue weighted by atomic mass is 19.4. The number of carbonyl (C=O) groups is 1. The van der Waals surface area contributed by atoms with Crippen molar-refractivity contribution in [2.24, 2.45) is 0 Å². The summed E-state index contributed by atoms with van der Waals surface area (Å²) in [6.07, 6.45) is -4.44. The van der Waals surface area contributed by atoms with Gasteiger partial charge in [0.2, 0.25) is 0 Å². The molecule has 1 aromatic rings. The zero-order valence-electron chi connectivity index (χ0n) is 11.1. The maximum Gasteiger partial charge on any atom is 0.406 e. The molecule has 0 saturated carbocycles. The molecule has 0 aromatic carbocycles. The Morgan fingerprint density at radius 2 is 2.00 bits per heavy atom. The van der Waals surface area contributed by atoms with Gasteiger partial charge in [0, 0.05) is 13.1 Å². The summed E-state index contributed by atoms with van der Waals surface area (Å²) in [5.41, 5.74) is 6.31. The number of rotatable bonds is 4. The van der Waals surface area contributed by atoms with E-state index in [0.29, 0.717) is 17.1 Å². The first kappa shape index (κ1) is 15.3. The Morgan fingerprint density at radius 3 is 2.42 bits per heavy atom. The third-order valence-corrected chi connectivity index (χ3v) is 2.71. The van der Waals surface area contributed by atoms with Crippen molar-refractivity contribution in [1.82, 2.24) is 14.7 Å². The van der Waals surface area contributed by atoms with E-state index in [0.717, 1.165) is 0 Å². The number of carbonyl (C=O) groups excluding carboxylic acids is 1. The Morgan fingerprint density at radius 1 is 1.42 bits per heavy atom. The van der Waals surface area contributed by atoms with E-state index in [-0.39, 0.29) is 17.9 Å². The van der Waals surface area contributed by atoms with Gasteiger partial charge < -0.3 is 10.6 Å². The van der Waals surface area contributed by atoms with Gasteiger partial charge in [-0.25, -0.2) is 0 Å². The second-order valence-corrected chi connectivity index (χ2v) is 4.10. The smallest absolute Gasteiger partial charge is 0.395 e. The number of nitrogens with two attached hydrogens (primary N) is 1. The molecule has 1 aromatic heterocycles. The van der Waals surface area contributed by atoms with Crippen LogP contribution in [0.5, 0.6) is 0 Å². The van der Waals surface area contributed by atoms with Crippen LogP contribution < -0.4 is 5.73 Å². The highest BCUT2D eigenvalue weighted by molar-refractivity contribution is 5.98. The van der Waals surface area contributed by atoms with Crippen LogP contribution >= 0.6 is 0 Å². The monoisotopic (exact) mass is 278 g/mol. The molecule has 0 radical (unpaired) electrons. The Balaban J connectivity index is 3.11. The lowest BCUT2D eigenvalue weighted by atomic mass is 10.2. The van der Waals surface area contributed by atoms with E-state index >= 15 is 0 Å². The van der Waals surface area contributed by atoms with Crippen LogP contribution in [-0.4, -0.2) is 39.9 Å². The first-order valence-corrected chi connectivity index (χ1v) is 5.90. The molecule has 0 aliphatic heterocycles. The van der Waals surface area contributed by atoms with Crippen LogP contribution in [0.15, 0.2) is 0 Å². The van der Waals surface area contributed by atoms with Gasteiger partial charge in [-0.15, -0.1) is 0 Å². The van der Waals surface area contributed by atoms with Gasteiger partial charge >= 0.3 is 6.18 Å². The van der Waals surface area contributed by atoms with Crippen LogP contribution in [0.4, 0.5) is 18.9 Å². The summed E-state index contributed by atoms with van der Waals surface area (Å²) in [6.45, 7) is 3.85. The van der Waals surface area contributed by atoms with Gasteiger partial charge in [0.25, 0.3) is 5.91 Å². The molecule has 1 rings (SSSR count). The fourth-order valence-corrected chi connectivity index (χ4v) is 1.74. The van der Waals surface area contributed by atoms with E-state index in [9.17, 15) is 18.0 Å². The van der Waals surface area contributed by atoms with E-state index < -0.39 is 18.6 Å². The average molecular weight is 278 g/mol. The van der Waals surface area contributed by atoms with Crippen LogP contribution in [0.1, 0.15) is 30.0 Å². The minimum atomic E-state index is -4.44. The molecule has 0 aliphatic rings. The highest BCUT2D eigenvalue weighted by Gasteiger charge is 2.34. The maximum absolute atomic E-state index is 12.4. The number of amides is 1. The molecule has 0 bridgehead atoms. The standard InChI is InChI=1S/C11H17F3N4O/c1-4-17(6-11(12,13)14)10(19)9-8(15)7(3)16-18(9)5-2/h4-6,15H2,1-3H3. The largest absolute Gasteiger partial charge is 0.406 e. The van der Waals surface area contributed by atoms with E-state index in [4.69, 9.17) is 5.73 Å². The van der Waals surface area contributed by atoms with Crippen molar-refractivity contribution >= 4 is 11.6 Å². The predicted octanol–water partition coefficient (Wildman–Crippen LogP) is 1.82. The van der Waals surface area contributed by atoms with E-state index in [1.807, 2.05) is 0 Å². The number of anilines is 1. The second-order valence-electron chi connectivity index (χ2n) is 4.10. The Kier molecular flexibility index (Phi) is 4.43. The number of alkyl halides is 3. The molecule has 108 valence electrons. The first-order chi connectivity index (χ1) is 8.71. The maximum atomic E-state index is 12.4. The quantitative estimate of drug-likeness (QED) is 0.913. The molecule has 0 saturated heterocycles. The number of nitrogens with zero attached hydrogens (tertiary/aromatic N) is 3. The van der Waals surface area contributed by atoms with Crippen LogP contribution in [0, 0.1) is 6.92 Å². The SMILES string of the molecule is CCN(CC(F)(F)F)C(=O)c1c(N)c(C)nn1CC. The summed E-state index contributed by atoms with van der Waals surface area (Å²) in [4.78, 5) is 12.9. The highest BCUT2D eigenvalue weighted by Crippen LogP contribution is 2.22. The van der Waals surface area contributed by atoms with Crippen molar-refractivity contribution in [3.8, 4) is 0 Å².